The number of aromatic amines is 1. The first-order valence-electron chi connectivity index (χ1n) is 4.55. The highest BCUT2D eigenvalue weighted by molar-refractivity contribution is 5.91. The van der Waals surface area contributed by atoms with Crippen LogP contribution in [-0.4, -0.2) is 39.3 Å². The molecule has 0 aliphatic heterocycles. The second-order valence-electron chi connectivity index (χ2n) is 2.90. The van der Waals surface area contributed by atoms with E-state index in [0.29, 0.717) is 18.8 Å². The van der Waals surface area contributed by atoms with E-state index >= 15 is 0 Å². The minimum absolute atomic E-state index is 0.111. The molecule has 0 atom stereocenters. The van der Waals surface area contributed by atoms with Crippen LogP contribution in [0.15, 0.2) is 18.9 Å². The first-order valence-corrected chi connectivity index (χ1v) is 4.55. The average Bonchev–Trinajstić information content (AvgIpc) is 2.69. The Hall–Kier alpha value is -1.65. The van der Waals surface area contributed by atoms with E-state index in [9.17, 15) is 4.79 Å². The summed E-state index contributed by atoms with van der Waals surface area (Å²) in [6, 6.07) is 0. The summed E-state index contributed by atoms with van der Waals surface area (Å²) >= 11 is 0. The van der Waals surface area contributed by atoms with E-state index in [1.54, 1.807) is 11.0 Å². The molecular formula is C9H14N4O. The highest BCUT2D eigenvalue weighted by atomic mass is 16.2. The molecule has 0 saturated carbocycles. The number of amides is 1. The van der Waals surface area contributed by atoms with Crippen molar-refractivity contribution in [3.63, 3.8) is 0 Å². The second-order valence-corrected chi connectivity index (χ2v) is 2.90. The number of H-pyrrole nitrogens is 1. The van der Waals surface area contributed by atoms with Crippen molar-refractivity contribution in [3.8, 4) is 0 Å². The highest BCUT2D eigenvalue weighted by Crippen LogP contribution is 2.00. The molecule has 0 bridgehead atoms. The van der Waals surface area contributed by atoms with Crippen molar-refractivity contribution in [1.82, 2.24) is 20.3 Å². The quantitative estimate of drug-likeness (QED) is 0.706. The Kier molecular flexibility index (Phi) is 3.84. The van der Waals surface area contributed by atoms with E-state index in [1.165, 1.54) is 6.20 Å². The molecule has 1 rings (SSSR count). The van der Waals surface area contributed by atoms with Crippen LogP contribution in [0, 0.1) is 0 Å². The monoisotopic (exact) mass is 194 g/mol. The van der Waals surface area contributed by atoms with Crippen molar-refractivity contribution in [2.24, 2.45) is 0 Å². The van der Waals surface area contributed by atoms with Crippen LogP contribution >= 0.6 is 0 Å². The van der Waals surface area contributed by atoms with Gasteiger partial charge in [0, 0.05) is 13.1 Å². The van der Waals surface area contributed by atoms with E-state index in [0.717, 1.165) is 6.42 Å². The topological polar surface area (TPSA) is 61.9 Å². The second kappa shape index (κ2) is 5.16. The van der Waals surface area contributed by atoms with Gasteiger partial charge >= 0.3 is 0 Å². The Morgan fingerprint density at radius 3 is 3.07 bits per heavy atom. The largest absolute Gasteiger partial charge is 0.334 e. The minimum atomic E-state index is -0.111. The maximum absolute atomic E-state index is 11.7. The average molecular weight is 194 g/mol. The van der Waals surface area contributed by atoms with Crippen LogP contribution in [0.5, 0.6) is 0 Å². The molecule has 0 radical (unpaired) electrons. The van der Waals surface area contributed by atoms with E-state index in [4.69, 9.17) is 0 Å². The molecule has 1 amide bonds. The number of nitrogens with zero attached hydrogens (tertiary/aromatic N) is 3. The zero-order valence-electron chi connectivity index (χ0n) is 8.23. The van der Waals surface area contributed by atoms with Crippen molar-refractivity contribution < 1.29 is 4.79 Å². The Balaban J connectivity index is 2.68. The SMILES string of the molecule is C=CCN(CCC)C(=O)c1cn[nH]n1. The van der Waals surface area contributed by atoms with Gasteiger partial charge in [0.15, 0.2) is 5.69 Å². The number of rotatable bonds is 5. The summed E-state index contributed by atoms with van der Waals surface area (Å²) in [6.07, 6.45) is 4.04. The number of hydrogen-bond donors (Lipinski definition) is 1. The maximum Gasteiger partial charge on any atom is 0.276 e. The van der Waals surface area contributed by atoms with Crippen LogP contribution in [0.2, 0.25) is 0 Å². The summed E-state index contributed by atoms with van der Waals surface area (Å²) in [5.74, 6) is -0.111. The van der Waals surface area contributed by atoms with Crippen LogP contribution < -0.4 is 0 Å². The predicted molar refractivity (Wildman–Crippen MR) is 52.8 cm³/mol. The third-order valence-corrected chi connectivity index (χ3v) is 1.76. The molecular weight excluding hydrogens is 180 g/mol. The van der Waals surface area contributed by atoms with Crippen LogP contribution in [0.1, 0.15) is 23.8 Å². The standard InChI is InChI=1S/C9H14N4O/c1-3-5-13(6-4-2)9(14)8-7-10-12-11-8/h3,7H,1,4-6H2,2H3,(H,10,11,12). The molecule has 0 fully saturated rings. The van der Waals surface area contributed by atoms with Crippen LogP contribution in [0.25, 0.3) is 0 Å². The first kappa shape index (κ1) is 10.4. The van der Waals surface area contributed by atoms with E-state index in [-0.39, 0.29) is 5.91 Å². The molecule has 0 aliphatic rings. The zero-order chi connectivity index (χ0) is 10.4. The normalized spacial score (nSPS) is 9.79. The molecule has 1 N–H and O–H groups in total. The fraction of sp³-hybridized carbons (Fsp3) is 0.444. The van der Waals surface area contributed by atoms with Gasteiger partial charge in [-0.2, -0.15) is 15.4 Å². The Labute approximate surface area is 82.8 Å². The van der Waals surface area contributed by atoms with Gasteiger partial charge in [0.2, 0.25) is 0 Å². The number of nitrogens with one attached hydrogen (secondary N) is 1. The molecule has 14 heavy (non-hydrogen) atoms. The van der Waals surface area contributed by atoms with Gasteiger partial charge in [0.1, 0.15) is 0 Å². The summed E-state index contributed by atoms with van der Waals surface area (Å²) in [4.78, 5) is 13.4. The minimum Gasteiger partial charge on any atom is -0.334 e. The van der Waals surface area contributed by atoms with E-state index in [1.807, 2.05) is 6.92 Å². The third-order valence-electron chi connectivity index (χ3n) is 1.76. The lowest BCUT2D eigenvalue weighted by molar-refractivity contribution is 0.0768. The molecule has 1 heterocycles. The zero-order valence-corrected chi connectivity index (χ0v) is 8.23. The third kappa shape index (κ3) is 2.42. The van der Waals surface area contributed by atoms with Crippen molar-refractivity contribution >= 4 is 5.91 Å². The molecule has 76 valence electrons. The molecule has 0 saturated heterocycles. The maximum atomic E-state index is 11.7. The highest BCUT2D eigenvalue weighted by Gasteiger charge is 2.15. The summed E-state index contributed by atoms with van der Waals surface area (Å²) in [5, 5.41) is 9.75. The van der Waals surface area contributed by atoms with Gasteiger partial charge in [-0.1, -0.05) is 13.0 Å². The molecule has 1 aromatic heterocycles. The first-order chi connectivity index (χ1) is 6.79. The summed E-state index contributed by atoms with van der Waals surface area (Å²) in [7, 11) is 0. The van der Waals surface area contributed by atoms with E-state index < -0.39 is 0 Å². The number of aromatic nitrogens is 3. The van der Waals surface area contributed by atoms with Gasteiger partial charge in [-0.3, -0.25) is 4.79 Å². The molecule has 0 aromatic carbocycles. The molecule has 0 unspecified atom stereocenters. The van der Waals surface area contributed by atoms with Gasteiger partial charge in [-0.05, 0) is 6.42 Å². The predicted octanol–water partition coefficient (Wildman–Crippen LogP) is 0.843. The van der Waals surface area contributed by atoms with E-state index in [2.05, 4.69) is 22.0 Å². The molecule has 1 aromatic rings. The van der Waals surface area contributed by atoms with Gasteiger partial charge in [0.25, 0.3) is 5.91 Å². The molecule has 5 heteroatoms. The van der Waals surface area contributed by atoms with Crippen LogP contribution in [-0.2, 0) is 0 Å². The van der Waals surface area contributed by atoms with Gasteiger partial charge < -0.3 is 4.90 Å². The molecule has 5 nitrogen and oxygen atoms in total. The lowest BCUT2D eigenvalue weighted by atomic mass is 10.3. The fourth-order valence-electron chi connectivity index (χ4n) is 1.17. The van der Waals surface area contributed by atoms with Crippen molar-refractivity contribution in [2.45, 2.75) is 13.3 Å². The van der Waals surface area contributed by atoms with Crippen LogP contribution in [0.3, 0.4) is 0 Å². The lowest BCUT2D eigenvalue weighted by Gasteiger charge is -2.18. The smallest absolute Gasteiger partial charge is 0.276 e. The van der Waals surface area contributed by atoms with Crippen LogP contribution in [0.4, 0.5) is 0 Å². The Morgan fingerprint density at radius 1 is 1.79 bits per heavy atom. The Morgan fingerprint density at radius 2 is 2.57 bits per heavy atom. The number of carbonyl (C=O) groups excluding carboxylic acids is 1. The van der Waals surface area contributed by atoms with Gasteiger partial charge in [0.05, 0.1) is 6.20 Å². The lowest BCUT2D eigenvalue weighted by Crippen LogP contribution is -2.32. The van der Waals surface area contributed by atoms with Gasteiger partial charge in [-0.15, -0.1) is 6.58 Å². The molecule has 0 spiro atoms. The molecule has 0 aliphatic carbocycles. The van der Waals surface area contributed by atoms with Crippen molar-refractivity contribution in [3.05, 3.63) is 24.5 Å². The summed E-state index contributed by atoms with van der Waals surface area (Å²) < 4.78 is 0. The Bertz CT molecular complexity index is 294. The van der Waals surface area contributed by atoms with Gasteiger partial charge in [-0.25, -0.2) is 0 Å². The summed E-state index contributed by atoms with van der Waals surface area (Å²) in [5.41, 5.74) is 0.348. The fourth-order valence-corrected chi connectivity index (χ4v) is 1.17. The van der Waals surface area contributed by atoms with Crippen molar-refractivity contribution in [2.75, 3.05) is 13.1 Å². The number of carbonyl (C=O) groups is 1. The van der Waals surface area contributed by atoms with Crippen molar-refractivity contribution in [1.29, 1.82) is 0 Å². The number of hydrogen-bond acceptors (Lipinski definition) is 3. The summed E-state index contributed by atoms with van der Waals surface area (Å²) in [6.45, 7) is 6.88.